The number of carbonyl (C=O) groups excluding carboxylic acids is 3. The molecule has 2 saturated heterocycles. The molecule has 0 saturated carbocycles. The second-order valence-electron chi connectivity index (χ2n) is 10.1. The van der Waals surface area contributed by atoms with Crippen LogP contribution in [-0.2, 0) is 15.1 Å². The topological polar surface area (TPSA) is 91.0 Å². The molecule has 11 heteroatoms. The van der Waals surface area contributed by atoms with Crippen molar-refractivity contribution in [2.45, 2.75) is 24.1 Å². The normalized spacial score (nSPS) is 22.6. The first kappa shape index (κ1) is 25.9. The Bertz CT molecular complexity index is 1430. The van der Waals surface area contributed by atoms with E-state index in [1.807, 2.05) is 0 Å². The maximum atomic E-state index is 14.1. The van der Waals surface area contributed by atoms with E-state index in [-0.39, 0.29) is 41.3 Å². The molecule has 0 unspecified atom stereocenters. The summed E-state index contributed by atoms with van der Waals surface area (Å²) >= 11 is 0. The molecule has 40 heavy (non-hydrogen) atoms. The molecule has 0 radical (unpaired) electrons. The number of ether oxygens (including phenoxy) is 1. The lowest BCUT2D eigenvalue weighted by atomic mass is 9.81. The molecule has 2 atom stereocenters. The lowest BCUT2D eigenvalue weighted by Crippen LogP contribution is -2.57. The fourth-order valence-corrected chi connectivity index (χ4v) is 5.79. The van der Waals surface area contributed by atoms with Crippen molar-refractivity contribution in [1.82, 2.24) is 20.4 Å². The minimum absolute atomic E-state index is 0.148. The van der Waals surface area contributed by atoms with Gasteiger partial charge in [0.2, 0.25) is 0 Å². The van der Waals surface area contributed by atoms with Crippen LogP contribution < -0.4 is 15.4 Å². The third kappa shape index (κ3) is 4.56. The van der Waals surface area contributed by atoms with Crippen molar-refractivity contribution in [1.29, 1.82) is 0 Å². The summed E-state index contributed by atoms with van der Waals surface area (Å²) in [5.41, 5.74) is 0.200. The predicted molar refractivity (Wildman–Crippen MR) is 137 cm³/mol. The second-order valence-corrected chi connectivity index (χ2v) is 10.1. The third-order valence-corrected chi connectivity index (χ3v) is 7.74. The molecule has 0 bridgehead atoms. The van der Waals surface area contributed by atoms with Crippen LogP contribution in [0.15, 0.2) is 66.7 Å². The summed E-state index contributed by atoms with van der Waals surface area (Å²) in [6.07, 6.45) is -1.27. The standard InChI is InChI=1S/C29H25F3N4O4/c30-19-5-1-17(2-6-19)25(18-3-7-20(31)8-4-18)35-11-13-36(14-12-35)26(37)24-16-29(27(38)33-28(39)34-29)22-15-21(32)9-10-23(22)40-24/h1-10,15,24-25H,11-14,16H2,(H2,33,34,38,39)/t24-,29-/m0/s1. The van der Waals surface area contributed by atoms with E-state index in [2.05, 4.69) is 15.5 Å². The second kappa shape index (κ2) is 9.98. The molecule has 2 fully saturated rings. The monoisotopic (exact) mass is 550 g/mol. The van der Waals surface area contributed by atoms with Crippen molar-refractivity contribution in [3.8, 4) is 5.75 Å². The van der Waals surface area contributed by atoms with E-state index in [0.717, 1.165) is 23.3 Å². The van der Waals surface area contributed by atoms with Gasteiger partial charge in [-0.1, -0.05) is 24.3 Å². The van der Waals surface area contributed by atoms with E-state index >= 15 is 0 Å². The van der Waals surface area contributed by atoms with Crippen molar-refractivity contribution < 1.29 is 32.3 Å². The maximum absolute atomic E-state index is 14.1. The van der Waals surface area contributed by atoms with Gasteiger partial charge >= 0.3 is 6.03 Å². The molecule has 3 aromatic carbocycles. The summed E-state index contributed by atoms with van der Waals surface area (Å²) in [6.45, 7) is 1.59. The number of piperazine rings is 1. The van der Waals surface area contributed by atoms with E-state index in [0.29, 0.717) is 26.2 Å². The Morgan fingerprint density at radius 3 is 1.98 bits per heavy atom. The molecule has 206 valence electrons. The Morgan fingerprint density at radius 1 is 0.850 bits per heavy atom. The number of nitrogens with one attached hydrogen (secondary N) is 2. The highest BCUT2D eigenvalue weighted by atomic mass is 19.1. The van der Waals surface area contributed by atoms with Crippen molar-refractivity contribution in [3.05, 3.63) is 101 Å². The Labute approximate surface area is 227 Å². The van der Waals surface area contributed by atoms with Gasteiger partial charge in [-0.25, -0.2) is 18.0 Å². The highest BCUT2D eigenvalue weighted by molar-refractivity contribution is 6.08. The Morgan fingerprint density at radius 2 is 1.43 bits per heavy atom. The summed E-state index contributed by atoms with van der Waals surface area (Å²) in [4.78, 5) is 42.3. The van der Waals surface area contributed by atoms with E-state index < -0.39 is 29.4 Å². The Kier molecular flexibility index (Phi) is 6.46. The van der Waals surface area contributed by atoms with Gasteiger partial charge in [0.05, 0.1) is 6.04 Å². The lowest BCUT2D eigenvalue weighted by Gasteiger charge is -2.42. The van der Waals surface area contributed by atoms with Crippen LogP contribution in [0.2, 0.25) is 0 Å². The summed E-state index contributed by atoms with van der Waals surface area (Å²) < 4.78 is 47.3. The minimum Gasteiger partial charge on any atom is -0.480 e. The molecule has 4 amide bonds. The number of fused-ring (bicyclic) bond motifs is 2. The number of amides is 4. The smallest absolute Gasteiger partial charge is 0.322 e. The summed E-state index contributed by atoms with van der Waals surface area (Å²) in [7, 11) is 0. The zero-order valence-corrected chi connectivity index (χ0v) is 21.2. The van der Waals surface area contributed by atoms with Crippen molar-refractivity contribution in [2.75, 3.05) is 26.2 Å². The van der Waals surface area contributed by atoms with Crippen LogP contribution in [0.25, 0.3) is 0 Å². The number of halogens is 3. The molecular formula is C29H25F3N4O4. The lowest BCUT2D eigenvalue weighted by molar-refractivity contribution is -0.143. The minimum atomic E-state index is -1.62. The maximum Gasteiger partial charge on any atom is 0.322 e. The van der Waals surface area contributed by atoms with Gasteiger partial charge in [0.25, 0.3) is 11.8 Å². The number of carbonyl (C=O) groups is 3. The molecule has 2 N–H and O–H groups in total. The van der Waals surface area contributed by atoms with Gasteiger partial charge in [0.15, 0.2) is 11.6 Å². The van der Waals surface area contributed by atoms with E-state index in [9.17, 15) is 27.6 Å². The molecule has 8 nitrogen and oxygen atoms in total. The molecule has 1 spiro atoms. The Hall–Kier alpha value is -4.38. The molecule has 3 aliphatic heterocycles. The van der Waals surface area contributed by atoms with Gasteiger partial charge in [-0.15, -0.1) is 0 Å². The fraction of sp³-hybridized carbons (Fsp3) is 0.276. The van der Waals surface area contributed by atoms with Crippen molar-refractivity contribution in [3.63, 3.8) is 0 Å². The predicted octanol–water partition coefficient (Wildman–Crippen LogP) is 3.22. The zero-order chi connectivity index (χ0) is 28.0. The van der Waals surface area contributed by atoms with Crippen LogP contribution >= 0.6 is 0 Å². The van der Waals surface area contributed by atoms with Crippen LogP contribution in [0.5, 0.6) is 5.75 Å². The van der Waals surface area contributed by atoms with Gasteiger partial charge in [0.1, 0.15) is 23.2 Å². The summed E-state index contributed by atoms with van der Waals surface area (Å²) in [6, 6.07) is 14.9. The molecule has 0 aliphatic carbocycles. The number of rotatable bonds is 4. The number of benzene rings is 3. The first-order valence-corrected chi connectivity index (χ1v) is 12.9. The van der Waals surface area contributed by atoms with E-state index in [1.165, 1.54) is 30.3 Å². The van der Waals surface area contributed by atoms with E-state index in [1.54, 1.807) is 29.2 Å². The van der Waals surface area contributed by atoms with Gasteiger partial charge < -0.3 is 15.0 Å². The van der Waals surface area contributed by atoms with Crippen molar-refractivity contribution >= 4 is 17.8 Å². The molecule has 3 heterocycles. The van der Waals surface area contributed by atoms with Gasteiger partial charge in [-0.05, 0) is 53.6 Å². The molecular weight excluding hydrogens is 525 g/mol. The first-order valence-electron chi connectivity index (χ1n) is 12.9. The van der Waals surface area contributed by atoms with Crippen LogP contribution in [0, 0.1) is 17.5 Å². The number of nitrogens with zero attached hydrogens (tertiary/aromatic N) is 2. The van der Waals surface area contributed by atoms with Gasteiger partial charge in [-0.2, -0.15) is 0 Å². The largest absolute Gasteiger partial charge is 0.480 e. The number of urea groups is 1. The van der Waals surface area contributed by atoms with Crippen molar-refractivity contribution in [2.24, 2.45) is 0 Å². The van der Waals surface area contributed by atoms with E-state index in [4.69, 9.17) is 4.74 Å². The highest BCUT2D eigenvalue weighted by Crippen LogP contribution is 2.42. The molecule has 0 aromatic heterocycles. The van der Waals surface area contributed by atoms with Crippen LogP contribution in [0.1, 0.15) is 29.2 Å². The highest BCUT2D eigenvalue weighted by Gasteiger charge is 2.55. The average molecular weight is 551 g/mol. The van der Waals surface area contributed by atoms with Crippen LogP contribution in [-0.4, -0.2) is 59.9 Å². The quantitative estimate of drug-likeness (QED) is 0.487. The summed E-state index contributed by atoms with van der Waals surface area (Å²) in [5, 5.41) is 4.77. The Balaban J connectivity index is 1.22. The van der Waals surface area contributed by atoms with Gasteiger partial charge in [-0.3, -0.25) is 19.8 Å². The SMILES string of the molecule is O=C1NC(=O)[C@@]2(C[C@@H](C(=O)N3CCN(C(c4ccc(F)cc4)c4ccc(F)cc4)CC3)Oc3ccc(F)cc32)N1. The fourth-order valence-electron chi connectivity index (χ4n) is 5.79. The number of hydrogen-bond donors (Lipinski definition) is 2. The zero-order valence-electron chi connectivity index (χ0n) is 21.2. The third-order valence-electron chi connectivity index (χ3n) is 7.74. The van der Waals surface area contributed by atoms with Crippen LogP contribution in [0.3, 0.4) is 0 Å². The van der Waals surface area contributed by atoms with Gasteiger partial charge in [0, 0.05) is 38.2 Å². The average Bonchev–Trinajstić information content (AvgIpc) is 3.23. The summed E-state index contributed by atoms with van der Waals surface area (Å²) in [5.74, 6) is -2.21. The first-order chi connectivity index (χ1) is 19.2. The number of hydrogen-bond acceptors (Lipinski definition) is 5. The van der Waals surface area contributed by atoms with Crippen LogP contribution in [0.4, 0.5) is 18.0 Å². The molecule has 6 rings (SSSR count). The molecule has 3 aliphatic rings. The molecule has 3 aromatic rings. The number of imide groups is 1.